The number of hydrogen-bond acceptors (Lipinski definition) is 6. The third-order valence-electron chi connectivity index (χ3n) is 6.39. The monoisotopic (exact) mass is 952 g/mol. The van der Waals surface area contributed by atoms with Crippen LogP contribution in [0.2, 0.25) is 0 Å². The Balaban J connectivity index is 0.000000387. The maximum atomic E-state index is 9.87. The van der Waals surface area contributed by atoms with Crippen molar-refractivity contribution in [1.82, 2.24) is 9.97 Å². The number of fused-ring (bicyclic) bond motifs is 2. The molecule has 2 heterocycles. The smallest absolute Gasteiger partial charge is 3.00 e. The van der Waals surface area contributed by atoms with Crippen molar-refractivity contribution in [2.45, 2.75) is 66.2 Å². The Morgan fingerprint density at radius 3 is 1.15 bits per heavy atom. The Hall–Kier alpha value is -3.70. The van der Waals surface area contributed by atoms with E-state index >= 15 is 0 Å². The molecule has 0 N–H and O–H groups in total. The maximum absolute atomic E-state index is 10.7. The zero-order valence-electron chi connectivity index (χ0n) is 29.7. The molecule has 6 rings (SSSR count). The van der Waals surface area contributed by atoms with Crippen molar-refractivity contribution < 1.29 is 45.3 Å². The molecule has 0 unspecified atom stereocenters. The van der Waals surface area contributed by atoms with Gasteiger partial charge in [0, 0.05) is 33.3 Å². The summed E-state index contributed by atoms with van der Waals surface area (Å²) in [5.74, 6) is 0. The molecule has 52 heavy (non-hydrogen) atoms. The summed E-state index contributed by atoms with van der Waals surface area (Å²) in [4.78, 5) is 9.49. The average Bonchev–Trinajstić information content (AvgIpc) is 3.65. The summed E-state index contributed by atoms with van der Waals surface area (Å²) in [6.07, 6.45) is 0. The first-order chi connectivity index (χ1) is 23.4. The predicted molar refractivity (Wildman–Crippen MR) is 201 cm³/mol. The molecule has 0 aliphatic rings. The molecule has 0 radical (unpaired) electrons. The van der Waals surface area contributed by atoms with Crippen molar-refractivity contribution in [3.8, 4) is 33.3 Å². The summed E-state index contributed by atoms with van der Waals surface area (Å²) in [7, 11) is -10.7. The summed E-state index contributed by atoms with van der Waals surface area (Å²) in [5.41, 5.74) is 7.30. The normalized spacial score (nSPS) is 12.2. The average molecular weight is 952 g/mol. The molecule has 278 valence electrons. The van der Waals surface area contributed by atoms with Crippen molar-refractivity contribution in [3.63, 3.8) is 0 Å². The minimum atomic E-state index is -10.7. The number of nitrogens with zero attached hydrogens (tertiary/aromatic N) is 4. The third kappa shape index (κ3) is 17.2. The van der Waals surface area contributed by atoms with E-state index in [-0.39, 0.29) is 30.9 Å². The Bertz CT molecular complexity index is 1960. The van der Waals surface area contributed by atoms with Gasteiger partial charge in [-0.05, 0) is 46.2 Å². The number of rotatable bonds is 2. The van der Waals surface area contributed by atoms with Gasteiger partial charge in [0.05, 0.1) is 23.2 Å². The molecular formula is C38H38F6IrN4PS2. The molecule has 14 heteroatoms. The molecule has 0 atom stereocenters. The van der Waals surface area contributed by atoms with E-state index in [0.717, 1.165) is 32.2 Å². The van der Waals surface area contributed by atoms with Crippen LogP contribution in [-0.2, 0) is 30.9 Å². The molecule has 0 aliphatic heterocycles. The van der Waals surface area contributed by atoms with Gasteiger partial charge in [-0.15, -0.1) is 71.8 Å². The summed E-state index contributed by atoms with van der Waals surface area (Å²) >= 11 is 3.45. The number of aromatic nitrogens is 2. The van der Waals surface area contributed by atoms with E-state index in [1.807, 2.05) is 36.4 Å². The zero-order chi connectivity index (χ0) is 38.7. The molecule has 0 amide bonds. The minimum Gasteiger partial charge on any atom is 3.00 e. The second-order valence-electron chi connectivity index (χ2n) is 12.9. The van der Waals surface area contributed by atoms with Gasteiger partial charge in [-0.25, -0.2) is 0 Å². The number of thiazole rings is 2. The summed E-state index contributed by atoms with van der Waals surface area (Å²) in [5, 5.41) is 16.7. The van der Waals surface area contributed by atoms with E-state index in [1.165, 1.54) is 34.4 Å². The van der Waals surface area contributed by atoms with Crippen LogP contribution < -0.4 is 0 Å². The fourth-order valence-corrected chi connectivity index (χ4v) is 5.94. The van der Waals surface area contributed by atoms with Crippen molar-refractivity contribution in [3.05, 3.63) is 108 Å². The summed E-state index contributed by atoms with van der Waals surface area (Å²) in [6, 6.07) is 39.2. The maximum Gasteiger partial charge on any atom is 3.00 e. The van der Waals surface area contributed by atoms with Gasteiger partial charge in [0.25, 0.3) is 0 Å². The third-order valence-corrected chi connectivity index (χ3v) is 8.53. The van der Waals surface area contributed by atoms with E-state index in [4.69, 9.17) is 20.5 Å². The van der Waals surface area contributed by atoms with Crippen molar-refractivity contribution in [2.75, 3.05) is 0 Å². The van der Waals surface area contributed by atoms with Crippen LogP contribution >= 0.6 is 30.5 Å². The first-order valence-electron chi connectivity index (χ1n) is 15.3. The fourth-order valence-electron chi connectivity index (χ4n) is 4.07. The molecule has 0 fully saturated rings. The predicted octanol–water partition coefficient (Wildman–Crippen LogP) is 14.6. The Labute approximate surface area is 322 Å². The number of benzene rings is 4. The second kappa shape index (κ2) is 17.9. The molecule has 6 aromatic rings. The van der Waals surface area contributed by atoms with E-state index in [9.17, 15) is 25.2 Å². The van der Waals surface area contributed by atoms with Crippen LogP contribution in [0.25, 0.3) is 41.6 Å². The quantitative estimate of drug-likeness (QED) is 0.0985. The van der Waals surface area contributed by atoms with Gasteiger partial charge < -0.3 is 0 Å². The van der Waals surface area contributed by atoms with E-state index < -0.39 is 7.81 Å². The molecule has 0 saturated carbocycles. The van der Waals surface area contributed by atoms with Gasteiger partial charge in [-0.1, -0.05) is 53.7 Å². The molecule has 4 nitrogen and oxygen atoms in total. The van der Waals surface area contributed by atoms with E-state index in [2.05, 4.69) is 102 Å². The molecule has 0 aliphatic carbocycles. The van der Waals surface area contributed by atoms with Crippen LogP contribution in [0.3, 0.4) is 0 Å². The Morgan fingerprint density at radius 1 is 0.596 bits per heavy atom. The van der Waals surface area contributed by atoms with Gasteiger partial charge in [-0.2, -0.15) is 33.2 Å². The van der Waals surface area contributed by atoms with Crippen LogP contribution in [0.5, 0.6) is 0 Å². The van der Waals surface area contributed by atoms with Crippen LogP contribution in [0, 0.1) is 34.8 Å². The van der Waals surface area contributed by atoms with Crippen molar-refractivity contribution >= 4 is 50.9 Å². The van der Waals surface area contributed by atoms with Crippen LogP contribution in [0.1, 0.15) is 66.5 Å². The molecule has 4 aromatic carbocycles. The standard InChI is InChI=1S/2C17H16NS.2C2H3N.F6P.Ir/c2*1-17(2,3)13-9-10-15-14(11-13)18-16(19-15)12-7-5-4-6-8-12;2*1-2-3;1-7(2,3,4,5)6;/h2*4-7,9-11H,1-3H3;2*1H3;;/q2*-1;;;-1;+3. The SMILES string of the molecule is CC#N.CC#N.CC(C)(C)c1ccc2sc(-c3[c-]cccc3)nc2c1.CC(C)(C)c1ccc2sc(-c3[c-]cccc3)nc2c1.F[P-](F)(F)(F)(F)F.[Ir+3]. The fraction of sp³-hybridized carbons (Fsp3) is 0.263. The van der Waals surface area contributed by atoms with Crippen LogP contribution in [-0.4, -0.2) is 9.97 Å². The minimum absolute atomic E-state index is 0. The molecule has 2 aromatic heterocycles. The number of nitriles is 2. The van der Waals surface area contributed by atoms with Crippen molar-refractivity contribution in [1.29, 1.82) is 10.5 Å². The first kappa shape index (κ1) is 46.3. The van der Waals surface area contributed by atoms with Crippen molar-refractivity contribution in [2.24, 2.45) is 0 Å². The van der Waals surface area contributed by atoms with Crippen LogP contribution in [0.15, 0.2) is 84.9 Å². The van der Waals surface area contributed by atoms with Gasteiger partial charge in [0.1, 0.15) is 0 Å². The number of hydrogen-bond donors (Lipinski definition) is 0. The van der Waals surface area contributed by atoms with E-state index in [1.54, 1.807) is 34.8 Å². The largest absolute Gasteiger partial charge is 3.00 e. The zero-order valence-corrected chi connectivity index (χ0v) is 34.7. The molecule has 0 bridgehead atoms. The van der Waals surface area contributed by atoms with E-state index in [0.29, 0.717) is 0 Å². The molecule has 0 saturated heterocycles. The summed E-state index contributed by atoms with van der Waals surface area (Å²) < 4.78 is 61.7. The number of halogens is 6. The van der Waals surface area contributed by atoms with Gasteiger partial charge in [0.2, 0.25) is 0 Å². The van der Waals surface area contributed by atoms with Crippen LogP contribution in [0.4, 0.5) is 25.2 Å². The van der Waals surface area contributed by atoms with Gasteiger partial charge in [-0.3, -0.25) is 9.97 Å². The van der Waals surface area contributed by atoms with Gasteiger partial charge >= 0.3 is 53.1 Å². The Morgan fingerprint density at radius 2 is 0.904 bits per heavy atom. The molecular weight excluding hydrogens is 914 g/mol. The first-order valence-corrected chi connectivity index (χ1v) is 19.0. The van der Waals surface area contributed by atoms with Gasteiger partial charge in [0.15, 0.2) is 0 Å². The summed E-state index contributed by atoms with van der Waals surface area (Å²) in [6.45, 7) is 16.2. The second-order valence-corrected chi connectivity index (χ2v) is 16.8. The molecule has 0 spiro atoms. The topological polar surface area (TPSA) is 73.4 Å². The Kier molecular flexibility index (Phi) is 15.9.